The molecular weight excluding hydrogens is 869 g/mol. The molecule has 0 fully saturated rings. The third-order valence-corrected chi connectivity index (χ3v) is 9.92. The zero-order chi connectivity index (χ0) is 50.0. The minimum Gasteiger partial charge on any atom is -0.378 e. The van der Waals surface area contributed by atoms with Crippen LogP contribution in [0.5, 0.6) is 0 Å². The van der Waals surface area contributed by atoms with Crippen molar-refractivity contribution in [3.05, 3.63) is 237 Å². The van der Waals surface area contributed by atoms with E-state index in [1.165, 1.54) is 0 Å². The highest BCUT2D eigenvalue weighted by molar-refractivity contribution is 5.70. The zero-order valence-corrected chi connectivity index (χ0v) is 40.1. The quantitative estimate of drug-likeness (QED) is 0.160. The Hall–Kier alpha value is -11.1. The number of hydrogen-bond acceptors (Lipinski definition) is 2. The lowest BCUT2D eigenvalue weighted by Crippen LogP contribution is -2.07. The van der Waals surface area contributed by atoms with E-state index < -0.39 is 0 Å². The van der Waals surface area contributed by atoms with Crippen molar-refractivity contribution in [3.8, 4) is 142 Å². The molecule has 6 aromatic rings. The van der Waals surface area contributed by atoms with Crippen LogP contribution < -0.4 is 9.80 Å². The monoisotopic (exact) mass is 908 g/mol. The van der Waals surface area contributed by atoms with Crippen LogP contribution in [0.3, 0.4) is 0 Å². The van der Waals surface area contributed by atoms with Crippen LogP contribution in [0.2, 0.25) is 0 Å². The maximum Gasteiger partial charge on any atom is 0.101 e. The van der Waals surface area contributed by atoms with Crippen molar-refractivity contribution in [3.63, 3.8) is 0 Å². The number of anilines is 2. The summed E-state index contributed by atoms with van der Waals surface area (Å²) in [4.78, 5) is 4.06. The summed E-state index contributed by atoms with van der Waals surface area (Å²) in [6.45, 7) is 0. The highest BCUT2D eigenvalue weighted by Crippen LogP contribution is 2.14. The molecule has 6 aromatic carbocycles. The van der Waals surface area contributed by atoms with Crippen LogP contribution in [0.1, 0.15) is 33.4 Å². The van der Waals surface area contributed by atoms with Gasteiger partial charge in [-0.05, 0) is 168 Å². The zero-order valence-electron chi connectivity index (χ0n) is 40.1. The lowest BCUT2D eigenvalue weighted by Gasteiger charge is -2.11. The number of benzene rings is 6. The van der Waals surface area contributed by atoms with Crippen molar-refractivity contribution in [2.24, 2.45) is 0 Å². The van der Waals surface area contributed by atoms with Crippen LogP contribution in [0, 0.1) is 142 Å². The maximum atomic E-state index is 3.27. The molecule has 0 amide bonds. The summed E-state index contributed by atoms with van der Waals surface area (Å²) < 4.78 is 0. The molecule has 7 rings (SSSR count). The first-order chi connectivity index (χ1) is 35.4. The molecule has 1 aliphatic carbocycles. The number of rotatable bonds is 2. The van der Waals surface area contributed by atoms with E-state index in [1.807, 2.05) is 208 Å². The van der Waals surface area contributed by atoms with E-state index in [-0.39, 0.29) is 0 Å². The smallest absolute Gasteiger partial charge is 0.101 e. The topological polar surface area (TPSA) is 6.48 Å². The van der Waals surface area contributed by atoms with Gasteiger partial charge in [0, 0.05) is 72.9 Å². The molecule has 0 aliphatic heterocycles. The lowest BCUT2D eigenvalue weighted by atomic mass is 10.1. The molecule has 0 saturated carbocycles. The second-order valence-electron chi connectivity index (χ2n) is 15.6. The highest BCUT2D eigenvalue weighted by atomic mass is 15.1. The molecular formula is C70H40N2. The van der Waals surface area contributed by atoms with Crippen LogP contribution in [0.4, 0.5) is 11.4 Å². The van der Waals surface area contributed by atoms with E-state index in [4.69, 9.17) is 0 Å². The van der Waals surface area contributed by atoms with Crippen LogP contribution in [0.15, 0.2) is 203 Å². The van der Waals surface area contributed by atoms with Gasteiger partial charge in [-0.3, -0.25) is 0 Å². The minimum absolute atomic E-state index is 0.320. The third kappa shape index (κ3) is 15.7. The van der Waals surface area contributed by atoms with Crippen molar-refractivity contribution in [1.82, 2.24) is 0 Å². The Bertz CT molecular complexity index is 3530. The fourth-order valence-corrected chi connectivity index (χ4v) is 6.08. The maximum absolute atomic E-state index is 3.27. The molecule has 0 bridgehead atoms. The van der Waals surface area contributed by atoms with E-state index in [1.54, 1.807) is 0 Å². The summed E-state index contributed by atoms with van der Waals surface area (Å²) in [5.74, 6) is 75.9. The second kappa shape index (κ2) is 26.3. The van der Waals surface area contributed by atoms with Crippen molar-refractivity contribution in [2.75, 3.05) is 38.0 Å². The predicted octanol–water partition coefficient (Wildman–Crippen LogP) is 10.4. The third-order valence-electron chi connectivity index (χ3n) is 9.92. The van der Waals surface area contributed by atoms with E-state index in [0.29, 0.717) is 33.4 Å². The fraction of sp³-hybridized carbons (Fsp3) is 0.0571. The Labute approximate surface area is 426 Å². The summed E-state index contributed by atoms with van der Waals surface area (Å²) in [5, 5.41) is 0. The normalized spacial score (nSPS) is 11.3. The Balaban J connectivity index is 1.52. The largest absolute Gasteiger partial charge is 0.378 e. The Kier molecular flexibility index (Phi) is 17.8. The Morgan fingerprint density at radius 2 is 0.528 bits per heavy atom. The number of nitrogens with zero attached hydrogens (tertiary/aromatic N) is 2. The molecule has 0 spiro atoms. The molecule has 0 atom stereocenters. The first-order valence-corrected chi connectivity index (χ1v) is 22.5. The van der Waals surface area contributed by atoms with Crippen molar-refractivity contribution in [2.45, 2.75) is 0 Å². The van der Waals surface area contributed by atoms with E-state index in [2.05, 4.69) is 142 Å². The van der Waals surface area contributed by atoms with Gasteiger partial charge in [-0.2, -0.15) is 0 Å². The molecule has 2 nitrogen and oxygen atoms in total. The fourth-order valence-electron chi connectivity index (χ4n) is 6.08. The van der Waals surface area contributed by atoms with E-state index in [9.17, 15) is 0 Å². The Morgan fingerprint density at radius 1 is 0.278 bits per heavy atom. The molecule has 330 valence electrons. The van der Waals surface area contributed by atoms with Crippen LogP contribution in [-0.4, -0.2) is 28.2 Å². The summed E-state index contributed by atoms with van der Waals surface area (Å²) in [5.41, 5.74) is 8.96. The van der Waals surface area contributed by atoms with Gasteiger partial charge >= 0.3 is 0 Å². The molecule has 1 aliphatic rings. The number of hydrogen-bond donors (Lipinski definition) is 0. The van der Waals surface area contributed by atoms with Crippen molar-refractivity contribution < 1.29 is 0 Å². The molecule has 72 heavy (non-hydrogen) atoms. The van der Waals surface area contributed by atoms with Crippen molar-refractivity contribution >= 4 is 11.4 Å². The number of allylic oxidation sites excluding steroid dienone is 6. The lowest BCUT2D eigenvalue weighted by molar-refractivity contribution is 1.13. The van der Waals surface area contributed by atoms with E-state index >= 15 is 0 Å². The standard InChI is InChI=1S/C70H40N2/c1-71(2)69-53-43-61(44-54-69)41-47-65-35-21-19-33-63(67(49-37-57-23-9-5-10-24-57)50-38-58-25-11-6-12-26-58)31-17-18-32-64(34-20-22-36-66(65)48-42-62-45-55-70(56-46-62)72(3)4)68(51-39-59-27-13-7-14-28-59)52-40-60-29-15-8-16-30-60/h5-16,23-30,43-46,53-56H,1-4H3/b66-65-. The first-order valence-electron chi connectivity index (χ1n) is 22.5. The van der Waals surface area contributed by atoms with Gasteiger partial charge < -0.3 is 9.80 Å². The Morgan fingerprint density at radius 3 is 0.792 bits per heavy atom. The summed E-state index contributed by atoms with van der Waals surface area (Å²) in [6.07, 6.45) is 0. The average Bonchev–Trinajstić information content (AvgIpc) is 3.42. The molecule has 0 radical (unpaired) electrons. The molecule has 0 heterocycles. The second-order valence-corrected chi connectivity index (χ2v) is 15.6. The summed E-state index contributed by atoms with van der Waals surface area (Å²) >= 11 is 0. The molecule has 0 saturated heterocycles. The van der Waals surface area contributed by atoms with Gasteiger partial charge in [0.05, 0.1) is 22.3 Å². The first kappa shape index (κ1) is 48.8. The SMILES string of the molecule is CN(C)c1ccc(C#C/C2=C(\C#Cc3ccc(N(C)C)cc3)C#CC#CC(=C(C#Cc3ccccc3)C#Cc3ccccc3)C#CC#CC(=C(C#Cc3ccccc3)C#Cc3ccccc3)C#CC#C2)cc1. The van der Waals surface area contributed by atoms with Gasteiger partial charge in [0.15, 0.2) is 0 Å². The van der Waals surface area contributed by atoms with Gasteiger partial charge in [-0.25, -0.2) is 0 Å². The van der Waals surface area contributed by atoms with Crippen LogP contribution >= 0.6 is 0 Å². The van der Waals surface area contributed by atoms with Gasteiger partial charge in [0.1, 0.15) is 11.1 Å². The summed E-state index contributed by atoms with van der Waals surface area (Å²) in [6, 6.07) is 54.4. The highest BCUT2D eigenvalue weighted by Gasteiger charge is 2.03. The van der Waals surface area contributed by atoms with Crippen LogP contribution in [0.25, 0.3) is 0 Å². The molecule has 0 N–H and O–H groups in total. The summed E-state index contributed by atoms with van der Waals surface area (Å²) in [7, 11) is 7.96. The van der Waals surface area contributed by atoms with Gasteiger partial charge in [-0.1, -0.05) is 144 Å². The van der Waals surface area contributed by atoms with Gasteiger partial charge in [0.2, 0.25) is 0 Å². The average molecular weight is 909 g/mol. The van der Waals surface area contributed by atoms with E-state index in [0.717, 1.165) is 44.8 Å². The predicted molar refractivity (Wildman–Crippen MR) is 296 cm³/mol. The van der Waals surface area contributed by atoms with Gasteiger partial charge in [0.25, 0.3) is 0 Å². The van der Waals surface area contributed by atoms with Gasteiger partial charge in [-0.15, -0.1) is 0 Å². The van der Waals surface area contributed by atoms with Crippen LogP contribution in [-0.2, 0) is 0 Å². The molecule has 2 heteroatoms. The minimum atomic E-state index is 0.320. The molecule has 0 unspecified atom stereocenters. The van der Waals surface area contributed by atoms with Crippen molar-refractivity contribution in [1.29, 1.82) is 0 Å². The molecule has 0 aromatic heterocycles.